The Morgan fingerprint density at radius 2 is 0.621 bits per heavy atom. The molecule has 0 rings (SSSR count). The van der Waals surface area contributed by atoms with E-state index in [0.717, 1.165) is 0 Å². The molecule has 0 aromatic heterocycles. The summed E-state index contributed by atoms with van der Waals surface area (Å²) in [6.07, 6.45) is -21.4. The van der Waals surface area contributed by atoms with Gasteiger partial charge in [0.2, 0.25) is 0 Å². The molecule has 6 nitrogen and oxygen atoms in total. The Labute approximate surface area is 153 Å². The van der Waals surface area contributed by atoms with Crippen molar-refractivity contribution in [3.05, 3.63) is 0 Å². The van der Waals surface area contributed by atoms with Gasteiger partial charge in [-0.15, -0.1) is 0 Å². The average molecular weight is 504 g/mol. The Hall–Kier alpha value is -0.540. The van der Waals surface area contributed by atoms with Gasteiger partial charge in [0, 0.05) is 0 Å². The van der Waals surface area contributed by atoms with E-state index in [-0.39, 0.29) is 0 Å². The SMILES string of the molecule is O=P(CP(=O)(OCC(F)(F)F)OCC(F)(F)F)(OCC(F)(F)F)OCC(F)(F)F. The standard InChI is InChI=1S/C9H10F12O6P2/c10-6(11,12)1-24-28(22,25-2-7(13,14)15)5-29(23,26-3-8(16,17)18)27-4-9(19,20)21/h1-5H2. The van der Waals surface area contributed by atoms with E-state index in [9.17, 15) is 61.8 Å². The molecule has 0 atom stereocenters. The molecule has 0 aromatic carbocycles. The van der Waals surface area contributed by atoms with Gasteiger partial charge in [0.15, 0.2) is 32.3 Å². The molecule has 0 fully saturated rings. The molecule has 0 N–H and O–H groups in total. The molecule has 0 aliphatic carbocycles. The van der Waals surface area contributed by atoms with E-state index >= 15 is 0 Å². The van der Waals surface area contributed by atoms with Crippen molar-refractivity contribution in [1.29, 1.82) is 0 Å². The molecule has 0 saturated carbocycles. The van der Waals surface area contributed by atoms with Crippen LogP contribution in [-0.4, -0.2) is 57.0 Å². The summed E-state index contributed by atoms with van der Waals surface area (Å²) in [6, 6.07) is 0. The normalized spacial score (nSPS) is 15.0. The average Bonchev–Trinajstić information content (AvgIpc) is 2.45. The molecule has 29 heavy (non-hydrogen) atoms. The lowest BCUT2D eigenvalue weighted by molar-refractivity contribution is -0.166. The molecule has 0 radical (unpaired) electrons. The highest BCUT2D eigenvalue weighted by Gasteiger charge is 2.47. The molecule has 0 heterocycles. The lowest BCUT2D eigenvalue weighted by Crippen LogP contribution is -2.23. The maximum absolute atomic E-state index is 12.1. The first kappa shape index (κ1) is 28.5. The highest BCUT2D eigenvalue weighted by Crippen LogP contribution is 2.65. The van der Waals surface area contributed by atoms with Crippen molar-refractivity contribution >= 4 is 15.2 Å². The Bertz CT molecular complexity index is 513. The van der Waals surface area contributed by atoms with Crippen LogP contribution in [0.4, 0.5) is 52.7 Å². The Kier molecular flexibility index (Phi) is 9.55. The fraction of sp³-hybridized carbons (Fsp3) is 1.00. The van der Waals surface area contributed by atoms with E-state index in [1.807, 2.05) is 0 Å². The molecular weight excluding hydrogens is 494 g/mol. The van der Waals surface area contributed by atoms with E-state index in [1.165, 1.54) is 0 Å². The third kappa shape index (κ3) is 15.9. The van der Waals surface area contributed by atoms with Crippen molar-refractivity contribution in [3.63, 3.8) is 0 Å². The minimum absolute atomic E-state index is 2.39. The molecule has 0 amide bonds. The fourth-order valence-corrected chi connectivity index (χ4v) is 5.66. The van der Waals surface area contributed by atoms with Crippen molar-refractivity contribution in [2.24, 2.45) is 0 Å². The molecule has 0 saturated heterocycles. The van der Waals surface area contributed by atoms with E-state index in [2.05, 4.69) is 18.1 Å². The van der Waals surface area contributed by atoms with Crippen LogP contribution < -0.4 is 0 Å². The number of rotatable bonds is 10. The van der Waals surface area contributed by atoms with Crippen LogP contribution in [-0.2, 0) is 27.2 Å². The van der Waals surface area contributed by atoms with Crippen LogP contribution in [0.3, 0.4) is 0 Å². The first-order valence-electron chi connectivity index (χ1n) is 6.56. The van der Waals surface area contributed by atoms with E-state index in [4.69, 9.17) is 0 Å². The van der Waals surface area contributed by atoms with Gasteiger partial charge in [-0.25, -0.2) is 0 Å². The van der Waals surface area contributed by atoms with Gasteiger partial charge in [0.1, 0.15) is 0 Å². The predicted octanol–water partition coefficient (Wildman–Crippen LogP) is 5.65. The monoisotopic (exact) mass is 504 g/mol. The zero-order chi connectivity index (χ0) is 23.4. The van der Waals surface area contributed by atoms with Crippen LogP contribution >= 0.6 is 15.2 Å². The summed E-state index contributed by atoms with van der Waals surface area (Å²) < 4.78 is 184. The number of hydrogen-bond donors (Lipinski definition) is 0. The van der Waals surface area contributed by atoms with Gasteiger partial charge in [-0.3, -0.25) is 27.2 Å². The van der Waals surface area contributed by atoms with Gasteiger partial charge in [0.05, 0.1) is 0 Å². The van der Waals surface area contributed by atoms with Crippen molar-refractivity contribution in [2.45, 2.75) is 24.7 Å². The van der Waals surface area contributed by atoms with Crippen LogP contribution in [0.25, 0.3) is 0 Å². The summed E-state index contributed by atoms with van der Waals surface area (Å²) in [5, 5.41) is 0. The molecule has 0 bridgehead atoms. The Morgan fingerprint density at radius 3 is 0.759 bits per heavy atom. The van der Waals surface area contributed by atoms with Gasteiger partial charge in [0.25, 0.3) is 0 Å². The van der Waals surface area contributed by atoms with Crippen LogP contribution in [0.15, 0.2) is 0 Å². The zero-order valence-corrected chi connectivity index (χ0v) is 15.2. The second-order valence-corrected chi connectivity index (χ2v) is 9.53. The first-order valence-corrected chi connectivity index (χ1v) is 10.0. The molecule has 0 aliphatic rings. The topological polar surface area (TPSA) is 71.1 Å². The second-order valence-electron chi connectivity index (χ2n) is 4.92. The fourth-order valence-electron chi connectivity index (χ4n) is 1.14. The van der Waals surface area contributed by atoms with Crippen molar-refractivity contribution in [1.82, 2.24) is 0 Å². The summed E-state index contributed by atoms with van der Waals surface area (Å²) in [7, 11) is -11.8. The summed E-state index contributed by atoms with van der Waals surface area (Å²) in [5.74, 6) is -2.39. The molecule has 176 valence electrons. The Morgan fingerprint density at radius 1 is 0.448 bits per heavy atom. The maximum atomic E-state index is 12.1. The molecule has 0 aliphatic heterocycles. The van der Waals surface area contributed by atoms with Crippen molar-refractivity contribution in [2.75, 3.05) is 32.3 Å². The summed E-state index contributed by atoms with van der Waals surface area (Å²) in [5.41, 5.74) is 0. The van der Waals surface area contributed by atoms with E-state index in [1.54, 1.807) is 0 Å². The number of halogens is 12. The van der Waals surface area contributed by atoms with Crippen molar-refractivity contribution < 1.29 is 79.9 Å². The number of hydrogen-bond acceptors (Lipinski definition) is 6. The minimum atomic E-state index is -5.89. The van der Waals surface area contributed by atoms with Gasteiger partial charge >= 0.3 is 39.9 Å². The quantitative estimate of drug-likeness (QED) is 0.283. The largest absolute Gasteiger partial charge is 0.412 e. The third-order valence-corrected chi connectivity index (χ3v) is 6.91. The highest BCUT2D eigenvalue weighted by molar-refractivity contribution is 7.71. The minimum Gasteiger partial charge on any atom is -0.299 e. The highest BCUT2D eigenvalue weighted by atomic mass is 31.2. The first-order chi connectivity index (χ1) is 12.5. The molecule has 0 aromatic rings. The van der Waals surface area contributed by atoms with E-state index in [0.29, 0.717) is 0 Å². The molecular formula is C9H10F12O6P2. The number of alkyl halides is 12. The Balaban J connectivity index is 5.67. The smallest absolute Gasteiger partial charge is 0.299 e. The van der Waals surface area contributed by atoms with Gasteiger partial charge < -0.3 is 0 Å². The predicted molar refractivity (Wildman–Crippen MR) is 68.1 cm³/mol. The molecule has 0 unspecified atom stereocenters. The second kappa shape index (κ2) is 9.73. The lowest BCUT2D eigenvalue weighted by atomic mass is 10.7. The maximum Gasteiger partial charge on any atom is 0.412 e. The molecule has 20 heteroatoms. The van der Waals surface area contributed by atoms with Crippen LogP contribution in [0, 0.1) is 0 Å². The third-order valence-electron chi connectivity index (χ3n) is 2.05. The van der Waals surface area contributed by atoms with Crippen LogP contribution in [0.1, 0.15) is 0 Å². The van der Waals surface area contributed by atoms with Crippen molar-refractivity contribution in [3.8, 4) is 0 Å². The lowest BCUT2D eigenvalue weighted by Gasteiger charge is -2.25. The molecule has 0 spiro atoms. The van der Waals surface area contributed by atoms with Gasteiger partial charge in [-0.1, -0.05) is 0 Å². The summed E-state index contributed by atoms with van der Waals surface area (Å²) in [6.45, 7) is -10.4. The summed E-state index contributed by atoms with van der Waals surface area (Å²) in [4.78, 5) is 0. The van der Waals surface area contributed by atoms with E-state index < -0.39 is 72.2 Å². The van der Waals surface area contributed by atoms with Crippen LogP contribution in [0.5, 0.6) is 0 Å². The van der Waals surface area contributed by atoms with Gasteiger partial charge in [-0.2, -0.15) is 52.7 Å². The summed E-state index contributed by atoms with van der Waals surface area (Å²) >= 11 is 0. The zero-order valence-electron chi connectivity index (χ0n) is 13.4. The van der Waals surface area contributed by atoms with Crippen LogP contribution in [0.2, 0.25) is 0 Å². The van der Waals surface area contributed by atoms with Gasteiger partial charge in [-0.05, 0) is 0 Å².